The van der Waals surface area contributed by atoms with Crippen LogP contribution in [0.4, 0.5) is 4.79 Å². The average molecular weight is 466 g/mol. The molecule has 1 fully saturated rings. The Morgan fingerprint density at radius 3 is 1.88 bits per heavy atom. The molecule has 34 heavy (non-hydrogen) atoms. The Bertz CT molecular complexity index is 1020. The number of rotatable bonds is 6. The van der Waals surface area contributed by atoms with Crippen molar-refractivity contribution in [1.29, 1.82) is 0 Å². The largest absolute Gasteiger partial charge is 0.426 e. The second kappa shape index (κ2) is 10.2. The van der Waals surface area contributed by atoms with Gasteiger partial charge in [0.25, 0.3) is 0 Å². The fraction of sp³-hybridized carbons (Fsp3) is 0.517. The third-order valence-corrected chi connectivity index (χ3v) is 6.87. The molecule has 1 aliphatic rings. The lowest BCUT2D eigenvalue weighted by molar-refractivity contribution is -0.136. The minimum atomic E-state index is -0.437. The number of hydrogen-bond acceptors (Lipinski definition) is 4. The van der Waals surface area contributed by atoms with Gasteiger partial charge in [-0.3, -0.25) is 4.79 Å². The second-order valence-electron chi connectivity index (χ2n) is 11.3. The van der Waals surface area contributed by atoms with Crippen molar-refractivity contribution in [1.82, 2.24) is 5.32 Å². The number of carbonyl (C=O) groups excluding carboxylic acids is 2. The molecular weight excluding hydrogens is 426 g/mol. The number of benzene rings is 2. The number of hydrogen-bond donors (Lipinski definition) is 1. The van der Waals surface area contributed by atoms with Crippen LogP contribution in [0.1, 0.15) is 68.7 Å². The fourth-order valence-corrected chi connectivity index (χ4v) is 5.86. The summed E-state index contributed by atoms with van der Waals surface area (Å²) in [5.74, 6) is 1.29. The van der Waals surface area contributed by atoms with Crippen LogP contribution in [0.15, 0.2) is 36.4 Å². The van der Waals surface area contributed by atoms with E-state index in [0.717, 1.165) is 41.5 Å². The standard InChI is InChI=1S/C29H39NO4/c1-19-10-8-11-20(2)25(19)33-24(31)14-23-15-28(5,6)17-29(7,16-23)18-30-27(32)34-26-21(3)12-9-13-22(26)4/h8-13,23H,14-18H2,1-7H3,(H,30,32). The summed E-state index contributed by atoms with van der Waals surface area (Å²) in [5, 5.41) is 2.98. The van der Waals surface area contributed by atoms with E-state index in [-0.39, 0.29) is 22.7 Å². The Balaban J connectivity index is 1.62. The number of nitrogens with one attached hydrogen (secondary N) is 1. The first-order valence-electron chi connectivity index (χ1n) is 12.2. The number of carbonyl (C=O) groups is 2. The molecular formula is C29H39NO4. The van der Waals surface area contributed by atoms with Crippen LogP contribution in [0.25, 0.3) is 0 Å². The molecule has 2 aromatic rings. The fourth-order valence-electron chi connectivity index (χ4n) is 5.86. The SMILES string of the molecule is Cc1cccc(C)c1OC(=O)CC1CC(C)(C)CC(C)(CNC(=O)Oc2c(C)cccc2C)C1. The zero-order valence-electron chi connectivity index (χ0n) is 21.7. The lowest BCUT2D eigenvalue weighted by Crippen LogP contribution is -2.44. The van der Waals surface area contributed by atoms with Gasteiger partial charge in [0.15, 0.2) is 0 Å². The predicted molar refractivity (Wildman–Crippen MR) is 135 cm³/mol. The van der Waals surface area contributed by atoms with Crippen LogP contribution in [-0.2, 0) is 4.79 Å². The van der Waals surface area contributed by atoms with Crippen molar-refractivity contribution in [3.63, 3.8) is 0 Å². The van der Waals surface area contributed by atoms with E-state index in [2.05, 4.69) is 26.1 Å². The maximum absolute atomic E-state index is 12.8. The Morgan fingerprint density at radius 1 is 0.853 bits per heavy atom. The van der Waals surface area contributed by atoms with Crippen molar-refractivity contribution in [2.45, 2.75) is 74.1 Å². The number of aryl methyl sites for hydroxylation is 4. The van der Waals surface area contributed by atoms with Crippen molar-refractivity contribution in [3.05, 3.63) is 58.7 Å². The minimum absolute atomic E-state index is 0.0642. The topological polar surface area (TPSA) is 64.6 Å². The van der Waals surface area contributed by atoms with Gasteiger partial charge in [-0.25, -0.2) is 4.79 Å². The molecule has 0 aromatic heterocycles. The molecule has 1 saturated carbocycles. The van der Waals surface area contributed by atoms with E-state index in [9.17, 15) is 9.59 Å². The second-order valence-corrected chi connectivity index (χ2v) is 11.3. The van der Waals surface area contributed by atoms with Crippen LogP contribution in [-0.4, -0.2) is 18.6 Å². The van der Waals surface area contributed by atoms with Gasteiger partial charge in [0, 0.05) is 13.0 Å². The zero-order chi connectivity index (χ0) is 25.1. The Labute approximate surface area is 204 Å². The molecule has 0 saturated heterocycles. The van der Waals surface area contributed by atoms with E-state index in [1.54, 1.807) is 0 Å². The highest BCUT2D eigenvalue weighted by atomic mass is 16.6. The lowest BCUT2D eigenvalue weighted by atomic mass is 9.60. The van der Waals surface area contributed by atoms with Crippen LogP contribution in [0.5, 0.6) is 11.5 Å². The minimum Gasteiger partial charge on any atom is -0.426 e. The molecule has 1 amide bonds. The summed E-state index contributed by atoms with van der Waals surface area (Å²) in [6.07, 6.45) is 2.71. The van der Waals surface area contributed by atoms with Gasteiger partial charge in [0.2, 0.25) is 0 Å². The van der Waals surface area contributed by atoms with Crippen molar-refractivity contribution < 1.29 is 19.1 Å². The van der Waals surface area contributed by atoms with Gasteiger partial charge in [0.05, 0.1) is 0 Å². The summed E-state index contributed by atoms with van der Waals surface area (Å²) in [5.41, 5.74) is 3.73. The first-order chi connectivity index (χ1) is 15.9. The summed E-state index contributed by atoms with van der Waals surface area (Å²) < 4.78 is 11.4. The van der Waals surface area contributed by atoms with Gasteiger partial charge in [-0.15, -0.1) is 0 Å². The quantitative estimate of drug-likeness (QED) is 0.375. The predicted octanol–water partition coefficient (Wildman–Crippen LogP) is 6.84. The van der Waals surface area contributed by atoms with E-state index in [1.807, 2.05) is 64.1 Å². The molecule has 0 heterocycles. The summed E-state index contributed by atoms with van der Waals surface area (Å²) in [6.45, 7) is 15.0. The highest BCUT2D eigenvalue weighted by Gasteiger charge is 2.42. The maximum atomic E-state index is 12.8. The molecule has 2 aromatic carbocycles. The molecule has 1 aliphatic carbocycles. The third kappa shape index (κ3) is 6.62. The highest BCUT2D eigenvalue weighted by molar-refractivity contribution is 5.73. The molecule has 1 N–H and O–H groups in total. The first kappa shape index (κ1) is 25.8. The van der Waals surface area contributed by atoms with Crippen LogP contribution in [0, 0.1) is 44.4 Å². The normalized spacial score (nSPS) is 21.6. The van der Waals surface area contributed by atoms with Crippen LogP contribution in [0.3, 0.4) is 0 Å². The van der Waals surface area contributed by atoms with E-state index >= 15 is 0 Å². The molecule has 2 atom stereocenters. The van der Waals surface area contributed by atoms with Crippen molar-refractivity contribution >= 4 is 12.1 Å². The molecule has 5 nitrogen and oxygen atoms in total. The molecule has 3 rings (SSSR count). The van der Waals surface area contributed by atoms with Gasteiger partial charge in [0.1, 0.15) is 11.5 Å². The summed E-state index contributed by atoms with van der Waals surface area (Å²) >= 11 is 0. The smallest absolute Gasteiger partial charge is 0.412 e. The summed E-state index contributed by atoms with van der Waals surface area (Å²) in [7, 11) is 0. The molecule has 0 spiro atoms. The highest BCUT2D eigenvalue weighted by Crippen LogP contribution is 2.49. The number of para-hydroxylation sites is 2. The van der Waals surface area contributed by atoms with Gasteiger partial charge in [-0.2, -0.15) is 0 Å². The van der Waals surface area contributed by atoms with Crippen LogP contribution in [0.2, 0.25) is 0 Å². The lowest BCUT2D eigenvalue weighted by Gasteiger charge is -2.46. The number of amides is 1. The first-order valence-corrected chi connectivity index (χ1v) is 12.2. The molecule has 2 unspecified atom stereocenters. The van der Waals surface area contributed by atoms with Crippen molar-refractivity contribution in [2.24, 2.45) is 16.7 Å². The number of ether oxygens (including phenoxy) is 2. The Morgan fingerprint density at radius 2 is 1.35 bits per heavy atom. The van der Waals surface area contributed by atoms with E-state index in [4.69, 9.17) is 9.47 Å². The maximum Gasteiger partial charge on any atom is 0.412 e. The van der Waals surface area contributed by atoms with Gasteiger partial charge in [-0.05, 0) is 86.0 Å². The van der Waals surface area contributed by atoms with Gasteiger partial charge in [-0.1, -0.05) is 57.2 Å². The third-order valence-electron chi connectivity index (χ3n) is 6.87. The van der Waals surface area contributed by atoms with Gasteiger partial charge >= 0.3 is 12.1 Å². The number of esters is 1. The van der Waals surface area contributed by atoms with E-state index in [1.165, 1.54) is 0 Å². The zero-order valence-corrected chi connectivity index (χ0v) is 21.7. The van der Waals surface area contributed by atoms with Crippen LogP contribution < -0.4 is 14.8 Å². The van der Waals surface area contributed by atoms with Gasteiger partial charge < -0.3 is 14.8 Å². The molecule has 5 heteroatoms. The molecule has 0 aliphatic heterocycles. The molecule has 0 radical (unpaired) electrons. The van der Waals surface area contributed by atoms with E-state index < -0.39 is 6.09 Å². The van der Waals surface area contributed by atoms with Crippen LogP contribution >= 0.6 is 0 Å². The van der Waals surface area contributed by atoms with E-state index in [0.29, 0.717) is 24.5 Å². The Kier molecular flexibility index (Phi) is 7.74. The van der Waals surface area contributed by atoms with Crippen molar-refractivity contribution in [2.75, 3.05) is 6.54 Å². The average Bonchev–Trinajstić information content (AvgIpc) is 2.71. The Hall–Kier alpha value is -2.82. The summed E-state index contributed by atoms with van der Waals surface area (Å²) in [6, 6.07) is 11.7. The monoisotopic (exact) mass is 465 g/mol. The van der Waals surface area contributed by atoms with Crippen molar-refractivity contribution in [3.8, 4) is 11.5 Å². The molecule has 0 bridgehead atoms. The molecule has 184 valence electrons. The summed E-state index contributed by atoms with van der Waals surface area (Å²) in [4.78, 5) is 25.4.